The molecule has 1 N–H and O–H groups in total. The maximum Gasteiger partial charge on any atom is 0.256 e. The molecule has 0 unspecified atom stereocenters. The van der Waals surface area contributed by atoms with Gasteiger partial charge in [-0.05, 0) is 43.2 Å². The predicted octanol–water partition coefficient (Wildman–Crippen LogP) is 2.95. The van der Waals surface area contributed by atoms with Crippen LogP contribution in [0.5, 0.6) is 0 Å². The molecule has 0 saturated carbocycles. The lowest BCUT2D eigenvalue weighted by Gasteiger charge is -2.20. The van der Waals surface area contributed by atoms with Gasteiger partial charge in [0.2, 0.25) is 10.0 Å². The first-order valence-corrected chi connectivity index (χ1v) is 10.2. The van der Waals surface area contributed by atoms with Gasteiger partial charge in [0.05, 0.1) is 4.90 Å². The third-order valence-electron chi connectivity index (χ3n) is 4.17. The summed E-state index contributed by atoms with van der Waals surface area (Å²) in [4.78, 5) is 12.5. The number of hydrogen-bond acceptors (Lipinski definition) is 5. The summed E-state index contributed by atoms with van der Waals surface area (Å²) in [5.41, 5.74) is 0.234. The van der Waals surface area contributed by atoms with Crippen LogP contribution in [0.25, 0.3) is 0 Å². The molecular formula is C17H19ClN4O3S. The molecule has 0 aliphatic carbocycles. The van der Waals surface area contributed by atoms with E-state index in [0.717, 1.165) is 25.7 Å². The summed E-state index contributed by atoms with van der Waals surface area (Å²) in [6.45, 7) is 1.03. The van der Waals surface area contributed by atoms with Crippen molar-refractivity contribution in [1.29, 1.82) is 0 Å². The zero-order valence-electron chi connectivity index (χ0n) is 14.1. The highest BCUT2D eigenvalue weighted by atomic mass is 35.5. The van der Waals surface area contributed by atoms with E-state index < -0.39 is 15.9 Å². The second-order valence-corrected chi connectivity index (χ2v) is 8.37. The van der Waals surface area contributed by atoms with Crippen LogP contribution >= 0.6 is 11.6 Å². The molecule has 1 amide bonds. The molecule has 0 spiro atoms. The number of anilines is 1. The molecule has 1 aromatic heterocycles. The Hall–Kier alpha value is -2.03. The van der Waals surface area contributed by atoms with E-state index >= 15 is 0 Å². The number of aromatic nitrogens is 2. The minimum Gasteiger partial charge on any atom is -0.305 e. The Labute approximate surface area is 157 Å². The zero-order valence-corrected chi connectivity index (χ0v) is 15.6. The molecule has 7 nitrogen and oxygen atoms in total. The van der Waals surface area contributed by atoms with Gasteiger partial charge in [-0.2, -0.15) is 4.31 Å². The normalized spacial score (nSPS) is 16.0. The van der Waals surface area contributed by atoms with Gasteiger partial charge in [0.1, 0.15) is 0 Å². The first kappa shape index (κ1) is 18.8. The summed E-state index contributed by atoms with van der Waals surface area (Å²) in [5.74, 6) is -0.227. The van der Waals surface area contributed by atoms with Crippen LogP contribution in [0.3, 0.4) is 0 Å². The minimum absolute atomic E-state index is 0.120. The van der Waals surface area contributed by atoms with E-state index in [1.807, 2.05) is 0 Å². The van der Waals surface area contributed by atoms with Crippen molar-refractivity contribution in [2.45, 2.75) is 30.6 Å². The number of nitrogens with zero attached hydrogens (tertiary/aromatic N) is 3. The molecule has 1 aliphatic heterocycles. The molecule has 0 radical (unpaired) electrons. The van der Waals surface area contributed by atoms with Gasteiger partial charge in [-0.15, -0.1) is 10.2 Å². The maximum absolute atomic E-state index is 12.9. The molecule has 1 fully saturated rings. The number of carbonyl (C=O) groups is 1. The standard InChI is InChI=1S/C17H19ClN4O3S/c18-15-8-9-16(21-20-15)19-17(23)13-6-5-7-14(12-13)26(24,25)22-10-3-1-2-4-11-22/h5-9,12H,1-4,10-11H2,(H,19,21,23). The van der Waals surface area contributed by atoms with Gasteiger partial charge in [0, 0.05) is 18.7 Å². The highest BCUT2D eigenvalue weighted by Crippen LogP contribution is 2.21. The largest absolute Gasteiger partial charge is 0.305 e. The number of sulfonamides is 1. The Morgan fingerprint density at radius 2 is 1.77 bits per heavy atom. The molecule has 1 aliphatic rings. The highest BCUT2D eigenvalue weighted by molar-refractivity contribution is 7.89. The number of carbonyl (C=O) groups excluding carboxylic acids is 1. The average Bonchev–Trinajstić information content (AvgIpc) is 2.94. The second kappa shape index (κ2) is 8.11. The van der Waals surface area contributed by atoms with Gasteiger partial charge in [0.25, 0.3) is 5.91 Å². The third kappa shape index (κ3) is 4.38. The van der Waals surface area contributed by atoms with Crippen LogP contribution < -0.4 is 5.32 Å². The van der Waals surface area contributed by atoms with E-state index in [-0.39, 0.29) is 21.4 Å². The van der Waals surface area contributed by atoms with Crippen LogP contribution in [0.4, 0.5) is 5.82 Å². The molecule has 3 rings (SSSR count). The average molecular weight is 395 g/mol. The molecule has 2 heterocycles. The van der Waals surface area contributed by atoms with Gasteiger partial charge in [-0.25, -0.2) is 8.42 Å². The van der Waals surface area contributed by atoms with Gasteiger partial charge in [0.15, 0.2) is 11.0 Å². The Bertz CT molecular complexity index is 879. The van der Waals surface area contributed by atoms with E-state index in [9.17, 15) is 13.2 Å². The van der Waals surface area contributed by atoms with Crippen molar-refractivity contribution in [3.8, 4) is 0 Å². The molecule has 9 heteroatoms. The molecule has 138 valence electrons. The number of amides is 1. The maximum atomic E-state index is 12.9. The van der Waals surface area contributed by atoms with Gasteiger partial charge in [-0.1, -0.05) is 30.5 Å². The second-order valence-electron chi connectivity index (χ2n) is 6.04. The third-order valence-corrected chi connectivity index (χ3v) is 6.27. The van der Waals surface area contributed by atoms with Crippen molar-refractivity contribution in [1.82, 2.24) is 14.5 Å². The van der Waals surface area contributed by atoms with Gasteiger partial charge in [-0.3, -0.25) is 4.79 Å². The van der Waals surface area contributed by atoms with Crippen molar-refractivity contribution in [3.05, 3.63) is 47.1 Å². The van der Waals surface area contributed by atoms with E-state index in [1.54, 1.807) is 12.1 Å². The van der Waals surface area contributed by atoms with E-state index in [0.29, 0.717) is 13.1 Å². The van der Waals surface area contributed by atoms with E-state index in [2.05, 4.69) is 15.5 Å². The van der Waals surface area contributed by atoms with Crippen molar-refractivity contribution >= 4 is 33.3 Å². The van der Waals surface area contributed by atoms with Gasteiger partial charge >= 0.3 is 0 Å². The van der Waals surface area contributed by atoms with Crippen LogP contribution in [-0.2, 0) is 10.0 Å². The lowest BCUT2D eigenvalue weighted by molar-refractivity contribution is 0.102. The van der Waals surface area contributed by atoms with Crippen molar-refractivity contribution < 1.29 is 13.2 Å². The van der Waals surface area contributed by atoms with E-state index in [1.165, 1.54) is 28.6 Å². The number of rotatable bonds is 4. The fraction of sp³-hybridized carbons (Fsp3) is 0.353. The molecule has 26 heavy (non-hydrogen) atoms. The Morgan fingerprint density at radius 3 is 2.42 bits per heavy atom. The quantitative estimate of drug-likeness (QED) is 0.860. The molecule has 0 bridgehead atoms. The molecule has 0 atom stereocenters. The molecular weight excluding hydrogens is 376 g/mol. The highest BCUT2D eigenvalue weighted by Gasteiger charge is 2.25. The lowest BCUT2D eigenvalue weighted by atomic mass is 10.2. The van der Waals surface area contributed by atoms with Crippen LogP contribution in [0, 0.1) is 0 Å². The van der Waals surface area contributed by atoms with E-state index in [4.69, 9.17) is 11.6 Å². The molecule has 1 saturated heterocycles. The monoisotopic (exact) mass is 394 g/mol. The topological polar surface area (TPSA) is 92.3 Å². The van der Waals surface area contributed by atoms with Crippen molar-refractivity contribution in [3.63, 3.8) is 0 Å². The SMILES string of the molecule is O=C(Nc1ccc(Cl)nn1)c1cccc(S(=O)(=O)N2CCCCCC2)c1. The zero-order chi connectivity index (χ0) is 18.6. The number of nitrogens with one attached hydrogen (secondary N) is 1. The smallest absolute Gasteiger partial charge is 0.256 e. The van der Waals surface area contributed by atoms with Crippen LogP contribution in [0.2, 0.25) is 5.15 Å². The fourth-order valence-electron chi connectivity index (χ4n) is 2.80. The van der Waals surface area contributed by atoms with Crippen molar-refractivity contribution in [2.24, 2.45) is 0 Å². The summed E-state index contributed by atoms with van der Waals surface area (Å²) < 4.78 is 27.2. The number of benzene rings is 1. The molecule has 2 aromatic rings. The fourth-order valence-corrected chi connectivity index (χ4v) is 4.46. The summed E-state index contributed by atoms with van der Waals surface area (Å²) in [5, 5.41) is 10.2. The summed E-state index contributed by atoms with van der Waals surface area (Å²) in [7, 11) is -3.61. The van der Waals surface area contributed by atoms with Gasteiger partial charge < -0.3 is 5.32 Å². The number of hydrogen-bond donors (Lipinski definition) is 1. The van der Waals surface area contributed by atoms with Crippen LogP contribution in [0.15, 0.2) is 41.3 Å². The first-order valence-electron chi connectivity index (χ1n) is 8.37. The summed E-state index contributed by atoms with van der Waals surface area (Å²) >= 11 is 5.66. The molecule has 1 aromatic carbocycles. The minimum atomic E-state index is -3.61. The predicted molar refractivity (Wildman–Crippen MR) is 98.7 cm³/mol. The lowest BCUT2D eigenvalue weighted by Crippen LogP contribution is -2.32. The first-order chi connectivity index (χ1) is 12.5. The summed E-state index contributed by atoms with van der Waals surface area (Å²) in [6, 6.07) is 9.04. The Balaban J connectivity index is 1.80. The Kier molecular flexibility index (Phi) is 5.85. The summed E-state index contributed by atoms with van der Waals surface area (Å²) in [6.07, 6.45) is 3.79. The van der Waals surface area contributed by atoms with Crippen LogP contribution in [0.1, 0.15) is 36.0 Å². The Morgan fingerprint density at radius 1 is 1.04 bits per heavy atom. The van der Waals surface area contributed by atoms with Crippen molar-refractivity contribution in [2.75, 3.05) is 18.4 Å². The van der Waals surface area contributed by atoms with Crippen LogP contribution in [-0.4, -0.2) is 41.9 Å². The number of halogens is 1.